The molecule has 1 N–H and O–H groups in total. The molecule has 0 saturated heterocycles. The van der Waals surface area contributed by atoms with Gasteiger partial charge in [0.25, 0.3) is 0 Å². The highest BCUT2D eigenvalue weighted by molar-refractivity contribution is 7.89. The van der Waals surface area contributed by atoms with Crippen molar-refractivity contribution in [3.05, 3.63) is 18.0 Å². The Labute approximate surface area is 128 Å². The molecule has 1 fully saturated rings. The number of nitrogens with one attached hydrogen (secondary N) is 1. The van der Waals surface area contributed by atoms with Crippen LogP contribution in [0, 0.1) is 0 Å². The lowest BCUT2D eigenvalue weighted by atomic mass is 10.4. The molecule has 1 saturated carbocycles. The van der Waals surface area contributed by atoms with Crippen molar-refractivity contribution in [2.75, 3.05) is 13.6 Å². The van der Waals surface area contributed by atoms with Gasteiger partial charge in [-0.1, -0.05) is 6.92 Å². The summed E-state index contributed by atoms with van der Waals surface area (Å²) in [5, 5.41) is 3.36. The summed E-state index contributed by atoms with van der Waals surface area (Å²) in [6.45, 7) is 7.58. The first-order valence-corrected chi connectivity index (χ1v) is 9.21. The third-order valence-electron chi connectivity index (χ3n) is 3.98. The third kappa shape index (κ3) is 3.67. The molecule has 1 aromatic heterocycles. The molecule has 21 heavy (non-hydrogen) atoms. The topological polar surface area (TPSA) is 54.3 Å². The summed E-state index contributed by atoms with van der Waals surface area (Å²) in [5.74, 6) is 0. The van der Waals surface area contributed by atoms with Crippen LogP contribution in [0.25, 0.3) is 0 Å². The Balaban J connectivity index is 2.26. The molecule has 5 nitrogen and oxygen atoms in total. The summed E-state index contributed by atoms with van der Waals surface area (Å²) >= 11 is 0. The summed E-state index contributed by atoms with van der Waals surface area (Å²) in [5.41, 5.74) is 1.07. The Bertz CT molecular complexity index is 574. The van der Waals surface area contributed by atoms with Crippen molar-refractivity contribution in [1.29, 1.82) is 0 Å². The molecule has 0 aromatic carbocycles. The zero-order chi connectivity index (χ0) is 15.6. The van der Waals surface area contributed by atoms with E-state index in [4.69, 9.17) is 0 Å². The number of hydrogen-bond donors (Lipinski definition) is 1. The number of rotatable bonds is 8. The molecule has 0 bridgehead atoms. The maximum atomic E-state index is 12.6. The van der Waals surface area contributed by atoms with Gasteiger partial charge in [0.2, 0.25) is 10.0 Å². The second-order valence-corrected chi connectivity index (χ2v) is 8.09. The van der Waals surface area contributed by atoms with Gasteiger partial charge in [0.1, 0.15) is 4.90 Å². The van der Waals surface area contributed by atoms with Crippen LogP contribution >= 0.6 is 0 Å². The monoisotopic (exact) mass is 313 g/mol. The lowest BCUT2D eigenvalue weighted by Gasteiger charge is -2.19. The van der Waals surface area contributed by atoms with E-state index in [-0.39, 0.29) is 6.04 Å². The Kier molecular flexibility index (Phi) is 5.11. The first kappa shape index (κ1) is 16.5. The highest BCUT2D eigenvalue weighted by Gasteiger charge is 2.30. The fourth-order valence-corrected chi connectivity index (χ4v) is 3.73. The molecule has 2 rings (SSSR count). The van der Waals surface area contributed by atoms with Gasteiger partial charge in [0.05, 0.1) is 0 Å². The Morgan fingerprint density at radius 2 is 2.10 bits per heavy atom. The van der Waals surface area contributed by atoms with Crippen LogP contribution in [0.3, 0.4) is 0 Å². The van der Waals surface area contributed by atoms with Gasteiger partial charge in [0.15, 0.2) is 0 Å². The van der Waals surface area contributed by atoms with Crippen molar-refractivity contribution < 1.29 is 8.42 Å². The molecule has 0 atom stereocenters. The predicted octanol–water partition coefficient (Wildman–Crippen LogP) is 2.35. The number of aromatic nitrogens is 1. The van der Waals surface area contributed by atoms with E-state index in [2.05, 4.69) is 16.8 Å². The van der Waals surface area contributed by atoms with Gasteiger partial charge in [-0.25, -0.2) is 8.42 Å². The molecular weight excluding hydrogens is 286 g/mol. The third-order valence-corrected chi connectivity index (χ3v) is 5.98. The minimum absolute atomic E-state index is 0.0408. The first-order chi connectivity index (χ1) is 9.87. The van der Waals surface area contributed by atoms with Gasteiger partial charge in [-0.05, 0) is 45.7 Å². The van der Waals surface area contributed by atoms with Gasteiger partial charge in [-0.15, -0.1) is 0 Å². The highest BCUT2D eigenvalue weighted by Crippen LogP contribution is 2.37. The smallest absolute Gasteiger partial charge is 0.244 e. The van der Waals surface area contributed by atoms with Gasteiger partial charge >= 0.3 is 0 Å². The Hall–Kier alpha value is -0.850. The summed E-state index contributed by atoms with van der Waals surface area (Å²) in [7, 11) is -1.75. The van der Waals surface area contributed by atoms with Crippen LogP contribution in [-0.4, -0.2) is 36.9 Å². The fourth-order valence-electron chi connectivity index (χ4n) is 2.31. The van der Waals surface area contributed by atoms with Gasteiger partial charge in [0, 0.05) is 37.6 Å². The summed E-state index contributed by atoms with van der Waals surface area (Å²) < 4.78 is 28.8. The van der Waals surface area contributed by atoms with Crippen molar-refractivity contribution in [3.63, 3.8) is 0 Å². The molecule has 120 valence electrons. The second kappa shape index (κ2) is 6.50. The molecular formula is C15H27N3O2S. The molecule has 1 aliphatic rings. The van der Waals surface area contributed by atoms with Crippen molar-refractivity contribution in [2.24, 2.45) is 0 Å². The maximum Gasteiger partial charge on any atom is 0.244 e. The van der Waals surface area contributed by atoms with Gasteiger partial charge < -0.3 is 9.88 Å². The van der Waals surface area contributed by atoms with Crippen molar-refractivity contribution in [1.82, 2.24) is 14.2 Å². The lowest BCUT2D eigenvalue weighted by molar-refractivity contribution is 0.410. The second-order valence-electron chi connectivity index (χ2n) is 6.10. The minimum atomic E-state index is -3.39. The van der Waals surface area contributed by atoms with Crippen LogP contribution < -0.4 is 5.32 Å². The van der Waals surface area contributed by atoms with E-state index in [9.17, 15) is 8.42 Å². The van der Waals surface area contributed by atoms with Gasteiger partial charge in [-0.2, -0.15) is 4.31 Å². The first-order valence-electron chi connectivity index (χ1n) is 7.77. The molecule has 0 amide bonds. The van der Waals surface area contributed by atoms with Crippen molar-refractivity contribution >= 4 is 10.0 Å². The van der Waals surface area contributed by atoms with E-state index in [1.165, 1.54) is 4.31 Å². The number of sulfonamides is 1. The van der Waals surface area contributed by atoms with Crippen LogP contribution in [0.5, 0.6) is 0 Å². The summed E-state index contributed by atoms with van der Waals surface area (Å²) in [6, 6.07) is 2.27. The highest BCUT2D eigenvalue weighted by atomic mass is 32.2. The zero-order valence-electron chi connectivity index (χ0n) is 13.5. The lowest BCUT2D eigenvalue weighted by Crippen LogP contribution is -2.32. The van der Waals surface area contributed by atoms with E-state index < -0.39 is 10.0 Å². The van der Waals surface area contributed by atoms with E-state index in [0.29, 0.717) is 10.9 Å². The summed E-state index contributed by atoms with van der Waals surface area (Å²) in [4.78, 5) is 0.416. The minimum Gasteiger partial charge on any atom is -0.346 e. The SMILES string of the molecule is CCCNCc1cc(S(=O)(=O)N(C)C(C)C)cn1C1CC1. The van der Waals surface area contributed by atoms with Crippen molar-refractivity contribution in [2.45, 2.75) is 63.6 Å². The Morgan fingerprint density at radius 3 is 2.62 bits per heavy atom. The standard InChI is InChI=1S/C15H27N3O2S/c1-5-8-16-10-14-9-15(11-18(14)13-6-7-13)21(19,20)17(4)12(2)3/h9,11-13,16H,5-8,10H2,1-4H3. The normalized spacial score (nSPS) is 16.1. The molecule has 0 spiro atoms. The van der Waals surface area contributed by atoms with Gasteiger partial charge in [-0.3, -0.25) is 0 Å². The molecule has 1 aromatic rings. The van der Waals surface area contributed by atoms with E-state index >= 15 is 0 Å². The molecule has 6 heteroatoms. The van der Waals surface area contributed by atoms with Crippen LogP contribution in [0.15, 0.2) is 17.2 Å². The van der Waals surface area contributed by atoms with Crippen LogP contribution in [0.4, 0.5) is 0 Å². The largest absolute Gasteiger partial charge is 0.346 e. The molecule has 1 heterocycles. The fraction of sp³-hybridized carbons (Fsp3) is 0.733. The molecule has 0 unspecified atom stereocenters. The van der Waals surface area contributed by atoms with Crippen LogP contribution in [0.2, 0.25) is 0 Å². The predicted molar refractivity (Wildman–Crippen MR) is 84.8 cm³/mol. The van der Waals surface area contributed by atoms with E-state index in [1.807, 2.05) is 26.1 Å². The maximum absolute atomic E-state index is 12.6. The van der Waals surface area contributed by atoms with Crippen LogP contribution in [0.1, 0.15) is 51.8 Å². The van der Waals surface area contributed by atoms with E-state index in [0.717, 1.165) is 38.0 Å². The number of nitrogens with zero attached hydrogens (tertiary/aromatic N) is 2. The van der Waals surface area contributed by atoms with Crippen molar-refractivity contribution in [3.8, 4) is 0 Å². The number of hydrogen-bond acceptors (Lipinski definition) is 3. The summed E-state index contributed by atoms with van der Waals surface area (Å²) in [6.07, 6.45) is 5.18. The quantitative estimate of drug-likeness (QED) is 0.750. The average molecular weight is 313 g/mol. The molecule has 0 radical (unpaired) electrons. The Morgan fingerprint density at radius 1 is 1.43 bits per heavy atom. The molecule has 1 aliphatic carbocycles. The van der Waals surface area contributed by atoms with Crippen LogP contribution in [-0.2, 0) is 16.6 Å². The zero-order valence-corrected chi connectivity index (χ0v) is 14.3. The van der Waals surface area contributed by atoms with E-state index in [1.54, 1.807) is 7.05 Å². The average Bonchev–Trinajstić information content (AvgIpc) is 3.18. The molecule has 0 aliphatic heterocycles.